The molecule has 0 aliphatic rings. The summed E-state index contributed by atoms with van der Waals surface area (Å²) < 4.78 is 0. The summed E-state index contributed by atoms with van der Waals surface area (Å²) in [6, 6.07) is 0. The number of carbonyl (C=O) groups excluding carboxylic acids is 1. The Hall–Kier alpha value is 5.10. The molecule has 8 N–H and O–H groups in total. The monoisotopic (exact) mass is 819 g/mol. The topological polar surface area (TPSA) is 326 Å². The largest absolute Gasteiger partial charge is 2.00 e. The number of carboxylic acids is 1. The van der Waals surface area contributed by atoms with Crippen molar-refractivity contribution in [3.8, 4) is 0 Å². The van der Waals surface area contributed by atoms with Crippen LogP contribution in [0.5, 0.6) is 0 Å². The van der Waals surface area contributed by atoms with E-state index in [9.17, 15) is 20.1 Å². The number of aliphatic carboxylic acids is 1. The Kier molecular flexibility index (Phi) is 292. The maximum atomic E-state index is 9.78. The predicted molar refractivity (Wildman–Crippen MR) is 63.3 cm³/mol. The molecule has 0 saturated carbocycles. The second-order valence-corrected chi connectivity index (χ2v) is 1.51. The van der Waals surface area contributed by atoms with Crippen LogP contribution < -0.4 is 15.3 Å². The minimum Gasteiger partial charge on any atom is -1.00 e. The van der Waals surface area contributed by atoms with E-state index in [0.29, 0.717) is 6.08 Å². The van der Waals surface area contributed by atoms with Gasteiger partial charge in [-0.2, -0.15) is 0 Å². The molecule has 0 aliphatic heterocycles. The SMILES string of the molecule is CC(=CC([O-])[O-])C(=O)[O-].[Ba+2].[Ba+2].[Ba+2].[Ba].[H-].[H-].[OH-].[OH-].[OH-].[OH-].[OH-].[OH-].[OH-].[OH-]. The zero-order chi connectivity index (χ0) is 7.44. The fourth-order valence-electron chi connectivity index (χ4n) is 0.272. The average molecular weight is 816 g/mol. The molecule has 0 rings (SSSR count). The molecule has 122 valence electrons. The molecule has 0 aromatic rings. The molecule has 0 aromatic heterocycles. The van der Waals surface area contributed by atoms with Crippen molar-refractivity contribution in [1.82, 2.24) is 0 Å². The summed E-state index contributed by atoms with van der Waals surface area (Å²) in [4.78, 5) is 9.78. The summed E-state index contributed by atoms with van der Waals surface area (Å²) in [5.41, 5.74) is -0.315. The Labute approximate surface area is 285 Å². The van der Waals surface area contributed by atoms with Gasteiger partial charge in [0.1, 0.15) is 0 Å². The first-order valence-electron chi connectivity index (χ1n) is 2.25. The standard InChI is InChI=1S/C5H6O4.4Ba.8H2O.2H/c1-3(5(8)9)2-4(6)7;;;;;;;;;;;;;;/h2,4H,1H3,(H,8,9);;;;;8*1H2;;/q-2;;3*+2;;;;;;;;;2*-1/p-9. The van der Waals surface area contributed by atoms with Gasteiger partial charge in [0.2, 0.25) is 0 Å². The minimum atomic E-state index is -2.22. The van der Waals surface area contributed by atoms with Crippen LogP contribution in [0.15, 0.2) is 11.6 Å². The van der Waals surface area contributed by atoms with Crippen molar-refractivity contribution in [3.05, 3.63) is 11.6 Å². The second-order valence-electron chi connectivity index (χ2n) is 1.51. The van der Waals surface area contributed by atoms with E-state index in [0.717, 1.165) is 6.92 Å². The van der Waals surface area contributed by atoms with E-state index in [-0.39, 0.29) is 248 Å². The minimum absolute atomic E-state index is 0. The Bertz CT molecular complexity index is 166. The van der Waals surface area contributed by atoms with Gasteiger partial charge < -0.3 is 66.8 Å². The summed E-state index contributed by atoms with van der Waals surface area (Å²) in [6.07, 6.45) is -1.67. The van der Waals surface area contributed by atoms with Crippen LogP contribution in [-0.2, 0) is 4.79 Å². The van der Waals surface area contributed by atoms with Crippen LogP contribution in [0.4, 0.5) is 0 Å². The zero-order valence-corrected chi connectivity index (χ0v) is 29.0. The van der Waals surface area contributed by atoms with E-state index in [1.807, 2.05) is 0 Å². The van der Waals surface area contributed by atoms with E-state index < -0.39 is 12.3 Å². The van der Waals surface area contributed by atoms with Crippen molar-refractivity contribution in [2.24, 2.45) is 0 Å². The zero-order valence-electron chi connectivity index (χ0n) is 13.2. The number of carbonyl (C=O) groups is 1. The Morgan fingerprint density at radius 2 is 1.05 bits per heavy atom. The molecule has 0 aliphatic carbocycles. The van der Waals surface area contributed by atoms with Gasteiger partial charge in [0.05, 0.1) is 5.97 Å². The van der Waals surface area contributed by atoms with Gasteiger partial charge in [-0.3, -0.25) is 0 Å². The summed E-state index contributed by atoms with van der Waals surface area (Å²) in [5.74, 6) is -1.48. The Balaban J connectivity index is -0.00000000352. The first-order valence-corrected chi connectivity index (χ1v) is 2.25. The fourth-order valence-corrected chi connectivity index (χ4v) is 0.272. The second kappa shape index (κ2) is 63.9. The van der Waals surface area contributed by atoms with Gasteiger partial charge in [-0.1, -0.05) is 0 Å². The quantitative estimate of drug-likeness (QED) is 0.143. The van der Waals surface area contributed by atoms with Crippen molar-refractivity contribution in [3.63, 3.8) is 0 Å². The van der Waals surface area contributed by atoms with Gasteiger partial charge in [0.15, 0.2) is 0 Å². The van der Waals surface area contributed by atoms with E-state index in [2.05, 4.69) is 0 Å². The van der Waals surface area contributed by atoms with Crippen molar-refractivity contribution >= 4 is 201 Å². The summed E-state index contributed by atoms with van der Waals surface area (Å²) in [7, 11) is 0. The molecule has 0 bridgehead atoms. The summed E-state index contributed by atoms with van der Waals surface area (Å²) in [6.45, 7) is 1.14. The van der Waals surface area contributed by atoms with Crippen LogP contribution in [0.25, 0.3) is 0 Å². The molecular formula is C5H15Ba4O12-7. The van der Waals surface area contributed by atoms with E-state index >= 15 is 0 Å². The molecule has 0 fully saturated rings. The molecule has 0 saturated heterocycles. The molecule has 12 nitrogen and oxygen atoms in total. The van der Waals surface area contributed by atoms with Gasteiger partial charge >= 0.3 is 147 Å². The third-order valence-electron chi connectivity index (χ3n) is 0.708. The molecule has 2 radical (unpaired) electrons. The van der Waals surface area contributed by atoms with Crippen molar-refractivity contribution in [1.29, 1.82) is 0 Å². The smallest absolute Gasteiger partial charge is 1.00 e. The Morgan fingerprint density at radius 3 is 1.10 bits per heavy atom. The number of rotatable bonds is 2. The van der Waals surface area contributed by atoms with Crippen LogP contribution in [-0.4, -0.2) is 252 Å². The van der Waals surface area contributed by atoms with E-state index in [1.165, 1.54) is 0 Å². The first-order chi connectivity index (χ1) is 4.04. The van der Waals surface area contributed by atoms with Gasteiger partial charge in [-0.15, -0.1) is 6.08 Å². The van der Waals surface area contributed by atoms with Crippen molar-refractivity contribution in [2.45, 2.75) is 13.2 Å². The molecule has 16 heteroatoms. The molecule has 0 amide bonds. The first kappa shape index (κ1) is 95.8. The van der Waals surface area contributed by atoms with Gasteiger partial charge in [-0.05, 0) is 12.5 Å². The van der Waals surface area contributed by atoms with Crippen LogP contribution in [0.1, 0.15) is 9.78 Å². The van der Waals surface area contributed by atoms with Gasteiger partial charge in [0, 0.05) is 48.9 Å². The van der Waals surface area contributed by atoms with Crippen molar-refractivity contribution in [2.75, 3.05) is 0 Å². The molecule has 0 aromatic carbocycles. The average Bonchev–Trinajstić information content (AvgIpc) is 1.63. The van der Waals surface area contributed by atoms with Crippen molar-refractivity contribution < 1.29 is 66.8 Å². The molecule has 21 heavy (non-hydrogen) atoms. The molecule has 0 atom stereocenters. The molecule has 0 unspecified atom stereocenters. The maximum Gasteiger partial charge on any atom is 2.00 e. The van der Waals surface area contributed by atoms with Crippen LogP contribution >= 0.6 is 0 Å². The predicted octanol–water partition coefficient (Wildman–Crippen LogP) is -5.98. The molecule has 0 spiro atoms. The number of hydrogen-bond acceptors (Lipinski definition) is 12. The third kappa shape index (κ3) is 78.1. The van der Waals surface area contributed by atoms with Gasteiger partial charge in [0.25, 0.3) is 0 Å². The Morgan fingerprint density at radius 1 is 0.857 bits per heavy atom. The van der Waals surface area contributed by atoms with Crippen LogP contribution in [0, 0.1) is 0 Å². The number of carboxylic acid groups (broad SMARTS) is 1. The summed E-state index contributed by atoms with van der Waals surface area (Å²) in [5, 5.41) is 29.2. The summed E-state index contributed by atoms with van der Waals surface area (Å²) >= 11 is 0. The molecular weight excluding hydrogens is 801 g/mol. The van der Waals surface area contributed by atoms with Crippen LogP contribution in [0.2, 0.25) is 0 Å². The normalized spacial score (nSPS) is 5.24. The van der Waals surface area contributed by atoms with Crippen LogP contribution in [0.3, 0.4) is 0 Å². The fraction of sp³-hybridized carbons (Fsp3) is 0.400. The van der Waals surface area contributed by atoms with E-state index in [1.54, 1.807) is 0 Å². The molecule has 0 heterocycles. The third-order valence-corrected chi connectivity index (χ3v) is 0.708. The van der Waals surface area contributed by atoms with E-state index in [4.69, 9.17) is 0 Å². The maximum absolute atomic E-state index is 9.78. The number of hydrogen-bond donors (Lipinski definition) is 0. The van der Waals surface area contributed by atoms with Gasteiger partial charge in [-0.25, -0.2) is 6.29 Å².